The second kappa shape index (κ2) is 5.55. The quantitative estimate of drug-likeness (QED) is 0.796. The molecule has 1 aromatic heterocycles. The maximum atomic E-state index is 11.6. The number of aromatic nitrogens is 1. The van der Waals surface area contributed by atoms with E-state index in [4.69, 9.17) is 4.98 Å². The number of carboxylic acids is 1. The van der Waals surface area contributed by atoms with E-state index in [1.165, 1.54) is 41.6 Å². The first-order valence-electron chi connectivity index (χ1n) is 7.92. The summed E-state index contributed by atoms with van der Waals surface area (Å²) in [5.41, 5.74) is 6.09. The molecule has 3 rings (SSSR count). The van der Waals surface area contributed by atoms with Gasteiger partial charge in [-0.25, -0.2) is 0 Å². The smallest absolute Gasteiger partial charge is 0.312 e. The molecule has 2 aliphatic rings. The zero-order valence-corrected chi connectivity index (χ0v) is 12.2. The van der Waals surface area contributed by atoms with Gasteiger partial charge in [0, 0.05) is 5.69 Å². The van der Waals surface area contributed by atoms with Gasteiger partial charge in [-0.15, -0.1) is 0 Å². The van der Waals surface area contributed by atoms with Crippen molar-refractivity contribution in [2.24, 2.45) is 0 Å². The Balaban J connectivity index is 2.15. The third-order valence-electron chi connectivity index (χ3n) is 4.96. The maximum absolute atomic E-state index is 11.6. The number of nitrogens with zero attached hydrogens (tertiary/aromatic N) is 1. The van der Waals surface area contributed by atoms with Crippen LogP contribution in [0.2, 0.25) is 0 Å². The average Bonchev–Trinajstić information content (AvgIpc) is 2.77. The summed E-state index contributed by atoms with van der Waals surface area (Å²) in [5, 5.41) is 9.52. The first-order chi connectivity index (χ1) is 9.68. The summed E-state index contributed by atoms with van der Waals surface area (Å²) in [7, 11) is 0. The number of hydrogen-bond acceptors (Lipinski definition) is 2. The summed E-state index contributed by atoms with van der Waals surface area (Å²) in [6.07, 6.45) is 9.69. The van der Waals surface area contributed by atoms with Crippen LogP contribution in [0, 0.1) is 6.92 Å². The summed E-state index contributed by atoms with van der Waals surface area (Å²) in [6.45, 7) is 2.19. The fraction of sp³-hybridized carbons (Fsp3) is 0.647. The Hall–Kier alpha value is -1.38. The van der Waals surface area contributed by atoms with Crippen molar-refractivity contribution in [1.29, 1.82) is 0 Å². The molecule has 20 heavy (non-hydrogen) atoms. The van der Waals surface area contributed by atoms with Crippen molar-refractivity contribution >= 4 is 5.97 Å². The second-order valence-corrected chi connectivity index (χ2v) is 6.22. The number of rotatable bonds is 1. The van der Waals surface area contributed by atoms with Gasteiger partial charge in [0.05, 0.1) is 11.6 Å². The molecular formula is C17H23NO2. The van der Waals surface area contributed by atoms with Crippen LogP contribution in [0.25, 0.3) is 0 Å². The standard InChI is InChI=1S/C17H23NO2/c1-11-12-7-3-2-4-10-15(12)18-16-13(11)8-5-6-9-14(16)17(19)20/h14H,2-10H2,1H3,(H,19,20). The Morgan fingerprint density at radius 2 is 1.75 bits per heavy atom. The molecule has 0 aliphatic heterocycles. The van der Waals surface area contributed by atoms with E-state index in [9.17, 15) is 9.90 Å². The molecule has 3 heteroatoms. The Bertz CT molecular complexity index is 536. The first-order valence-corrected chi connectivity index (χ1v) is 7.92. The van der Waals surface area contributed by atoms with E-state index in [-0.39, 0.29) is 5.92 Å². The number of aliphatic carboxylic acids is 1. The minimum Gasteiger partial charge on any atom is -0.481 e. The molecule has 0 fully saturated rings. The van der Waals surface area contributed by atoms with Crippen molar-refractivity contribution in [1.82, 2.24) is 4.98 Å². The number of hydrogen-bond donors (Lipinski definition) is 1. The molecular weight excluding hydrogens is 250 g/mol. The van der Waals surface area contributed by atoms with Gasteiger partial charge < -0.3 is 5.11 Å². The highest BCUT2D eigenvalue weighted by Gasteiger charge is 2.29. The van der Waals surface area contributed by atoms with Crippen LogP contribution in [0.5, 0.6) is 0 Å². The van der Waals surface area contributed by atoms with E-state index in [2.05, 4.69) is 6.92 Å². The van der Waals surface area contributed by atoms with Gasteiger partial charge in [-0.05, 0) is 68.6 Å². The molecule has 0 aromatic carbocycles. The molecule has 0 spiro atoms. The monoisotopic (exact) mass is 273 g/mol. The van der Waals surface area contributed by atoms with E-state index in [1.54, 1.807) is 0 Å². The molecule has 0 saturated heterocycles. The molecule has 1 atom stereocenters. The summed E-state index contributed by atoms with van der Waals surface area (Å²) < 4.78 is 0. The number of pyridine rings is 1. The zero-order valence-electron chi connectivity index (χ0n) is 12.2. The van der Waals surface area contributed by atoms with Gasteiger partial charge in [-0.1, -0.05) is 12.8 Å². The van der Waals surface area contributed by atoms with Crippen molar-refractivity contribution in [2.75, 3.05) is 0 Å². The van der Waals surface area contributed by atoms with Crippen LogP contribution in [0.3, 0.4) is 0 Å². The van der Waals surface area contributed by atoms with Crippen molar-refractivity contribution in [2.45, 2.75) is 70.6 Å². The SMILES string of the molecule is Cc1c2c(nc3c1CCCCC3C(=O)O)CCCCC2. The Morgan fingerprint density at radius 1 is 1.05 bits per heavy atom. The Labute approximate surface area is 120 Å². The fourth-order valence-electron chi connectivity index (χ4n) is 3.81. The second-order valence-electron chi connectivity index (χ2n) is 6.22. The number of fused-ring (bicyclic) bond motifs is 2. The first kappa shape index (κ1) is 13.6. The lowest BCUT2D eigenvalue weighted by Crippen LogP contribution is -2.17. The van der Waals surface area contributed by atoms with Crippen LogP contribution >= 0.6 is 0 Å². The number of aryl methyl sites for hydroxylation is 1. The van der Waals surface area contributed by atoms with Crippen molar-refractivity contribution in [3.05, 3.63) is 28.1 Å². The van der Waals surface area contributed by atoms with Crippen molar-refractivity contribution < 1.29 is 9.90 Å². The van der Waals surface area contributed by atoms with Crippen molar-refractivity contribution in [3.8, 4) is 0 Å². The lowest BCUT2D eigenvalue weighted by Gasteiger charge is -2.19. The molecule has 0 saturated carbocycles. The topological polar surface area (TPSA) is 50.2 Å². The lowest BCUT2D eigenvalue weighted by molar-refractivity contribution is -0.139. The van der Waals surface area contributed by atoms with E-state index >= 15 is 0 Å². The molecule has 1 heterocycles. The van der Waals surface area contributed by atoms with Crippen LogP contribution in [0.15, 0.2) is 0 Å². The molecule has 3 nitrogen and oxygen atoms in total. The molecule has 108 valence electrons. The minimum absolute atomic E-state index is 0.389. The van der Waals surface area contributed by atoms with Crippen LogP contribution in [-0.2, 0) is 24.1 Å². The van der Waals surface area contributed by atoms with E-state index in [1.807, 2.05) is 0 Å². The summed E-state index contributed by atoms with van der Waals surface area (Å²) in [5.74, 6) is -1.09. The predicted molar refractivity (Wildman–Crippen MR) is 78.2 cm³/mol. The minimum atomic E-state index is -0.700. The van der Waals surface area contributed by atoms with Gasteiger partial charge in [0.1, 0.15) is 0 Å². The van der Waals surface area contributed by atoms with Crippen LogP contribution in [0.4, 0.5) is 0 Å². The van der Waals surface area contributed by atoms with E-state index < -0.39 is 5.97 Å². The third-order valence-corrected chi connectivity index (χ3v) is 4.96. The third kappa shape index (κ3) is 2.34. The van der Waals surface area contributed by atoms with E-state index in [0.29, 0.717) is 0 Å². The highest BCUT2D eigenvalue weighted by Crippen LogP contribution is 2.35. The molecule has 0 bridgehead atoms. The Kier molecular flexibility index (Phi) is 3.77. The van der Waals surface area contributed by atoms with Crippen LogP contribution < -0.4 is 0 Å². The van der Waals surface area contributed by atoms with Gasteiger partial charge in [-0.2, -0.15) is 0 Å². The molecule has 1 aromatic rings. The van der Waals surface area contributed by atoms with Gasteiger partial charge in [0.2, 0.25) is 0 Å². The Morgan fingerprint density at radius 3 is 2.55 bits per heavy atom. The highest BCUT2D eigenvalue weighted by molar-refractivity contribution is 5.76. The lowest BCUT2D eigenvalue weighted by atomic mass is 9.90. The average molecular weight is 273 g/mol. The van der Waals surface area contributed by atoms with Crippen LogP contribution in [-0.4, -0.2) is 16.1 Å². The van der Waals surface area contributed by atoms with Gasteiger partial charge in [0.25, 0.3) is 0 Å². The van der Waals surface area contributed by atoms with Crippen LogP contribution in [0.1, 0.15) is 72.5 Å². The molecule has 2 aliphatic carbocycles. The summed E-state index contributed by atoms with van der Waals surface area (Å²) >= 11 is 0. The summed E-state index contributed by atoms with van der Waals surface area (Å²) in [6, 6.07) is 0. The predicted octanol–water partition coefficient (Wildman–Crippen LogP) is 3.55. The normalized spacial score (nSPS) is 22.4. The number of carboxylic acid groups (broad SMARTS) is 1. The van der Waals surface area contributed by atoms with Gasteiger partial charge >= 0.3 is 5.97 Å². The maximum Gasteiger partial charge on any atom is 0.312 e. The molecule has 0 amide bonds. The fourth-order valence-corrected chi connectivity index (χ4v) is 3.81. The highest BCUT2D eigenvalue weighted by atomic mass is 16.4. The molecule has 1 unspecified atom stereocenters. The molecule has 1 N–H and O–H groups in total. The van der Waals surface area contributed by atoms with Gasteiger partial charge in [-0.3, -0.25) is 9.78 Å². The molecule has 0 radical (unpaired) electrons. The van der Waals surface area contributed by atoms with E-state index in [0.717, 1.165) is 44.2 Å². The summed E-state index contributed by atoms with van der Waals surface area (Å²) in [4.78, 5) is 16.4. The number of carbonyl (C=O) groups is 1. The zero-order chi connectivity index (χ0) is 14.1. The van der Waals surface area contributed by atoms with Gasteiger partial charge in [0.15, 0.2) is 0 Å². The van der Waals surface area contributed by atoms with Crippen molar-refractivity contribution in [3.63, 3.8) is 0 Å². The largest absolute Gasteiger partial charge is 0.481 e.